The number of rotatable bonds is 11. The lowest BCUT2D eigenvalue weighted by molar-refractivity contribution is -0.235. The van der Waals surface area contributed by atoms with Crippen molar-refractivity contribution in [3.8, 4) is 0 Å². The van der Waals surface area contributed by atoms with Gasteiger partial charge < -0.3 is 19.1 Å². The van der Waals surface area contributed by atoms with Gasteiger partial charge in [0.2, 0.25) is 0 Å². The molecular weight excluding hydrogens is 404 g/mol. The summed E-state index contributed by atoms with van der Waals surface area (Å²) in [7, 11) is 3.16. The average Bonchev–Trinajstić information content (AvgIpc) is 2.78. The minimum atomic E-state index is -0.995. The number of hydrogen-bond donors (Lipinski definition) is 0. The van der Waals surface area contributed by atoms with Crippen molar-refractivity contribution in [2.45, 2.75) is 45.3 Å². The van der Waals surface area contributed by atoms with E-state index in [0.29, 0.717) is 12.3 Å². The molecule has 1 aromatic heterocycles. The molecule has 2 atom stereocenters. The van der Waals surface area contributed by atoms with Crippen molar-refractivity contribution in [1.29, 1.82) is 0 Å². The molecule has 0 bridgehead atoms. The summed E-state index contributed by atoms with van der Waals surface area (Å²) < 4.78 is 16.5. The third kappa shape index (κ3) is 5.44. The van der Waals surface area contributed by atoms with E-state index in [2.05, 4.69) is 56.1 Å². The molecule has 0 saturated carbocycles. The van der Waals surface area contributed by atoms with Crippen LogP contribution >= 0.6 is 0 Å². The predicted octanol–water partition coefficient (Wildman–Crippen LogP) is 4.32. The van der Waals surface area contributed by atoms with Crippen molar-refractivity contribution in [1.82, 2.24) is 9.88 Å². The minimum Gasteiger partial charge on any atom is -0.364 e. The molecule has 1 amide bonds. The zero-order valence-electron chi connectivity index (χ0n) is 19.7. The standard InChI is InChI=1S/C26H34N2O4/c1-19(2)13-24-26(32-18-31-5,25(29)28(24)17-30-4)16-23-15-22(11-12-27-23)10-9-21-8-6-7-20(3)14-21/h6-12,14-15,19,24H,13,16-18H2,1-5H3/b10-9+/t24-,26?/m0/s1. The monoisotopic (exact) mass is 438 g/mol. The van der Waals surface area contributed by atoms with Crippen LogP contribution in [0.1, 0.15) is 42.7 Å². The van der Waals surface area contributed by atoms with E-state index in [-0.39, 0.29) is 25.5 Å². The topological polar surface area (TPSA) is 60.9 Å². The minimum absolute atomic E-state index is 0.0497. The zero-order chi connectivity index (χ0) is 23.1. The molecule has 32 heavy (non-hydrogen) atoms. The maximum Gasteiger partial charge on any atom is 0.259 e. The summed E-state index contributed by atoms with van der Waals surface area (Å²) in [5.41, 5.74) is 3.21. The van der Waals surface area contributed by atoms with Crippen LogP contribution in [0.15, 0.2) is 42.6 Å². The van der Waals surface area contributed by atoms with Crippen LogP contribution in [-0.4, -0.2) is 55.2 Å². The Bertz CT molecular complexity index is 943. The van der Waals surface area contributed by atoms with Gasteiger partial charge in [0.1, 0.15) is 13.5 Å². The number of amides is 1. The van der Waals surface area contributed by atoms with Gasteiger partial charge in [-0.05, 0) is 42.5 Å². The van der Waals surface area contributed by atoms with Crippen molar-refractivity contribution in [2.24, 2.45) is 5.92 Å². The molecule has 1 saturated heterocycles. The smallest absolute Gasteiger partial charge is 0.259 e. The van der Waals surface area contributed by atoms with Gasteiger partial charge in [-0.15, -0.1) is 0 Å². The second-order valence-corrected chi connectivity index (χ2v) is 8.78. The number of nitrogens with zero attached hydrogens (tertiary/aromatic N) is 2. The molecule has 0 radical (unpaired) electrons. The Morgan fingerprint density at radius 3 is 2.53 bits per heavy atom. The average molecular weight is 439 g/mol. The van der Waals surface area contributed by atoms with Gasteiger partial charge in [-0.25, -0.2) is 0 Å². The number of benzene rings is 1. The van der Waals surface area contributed by atoms with Crippen molar-refractivity contribution in [3.05, 3.63) is 65.0 Å². The Kier molecular flexibility index (Phi) is 8.18. The number of pyridine rings is 1. The van der Waals surface area contributed by atoms with Gasteiger partial charge >= 0.3 is 0 Å². The van der Waals surface area contributed by atoms with Crippen LogP contribution in [-0.2, 0) is 25.4 Å². The van der Waals surface area contributed by atoms with Crippen LogP contribution in [0.2, 0.25) is 0 Å². The molecule has 0 N–H and O–H groups in total. The molecular formula is C26H34N2O4. The number of β-lactam (4-membered cyclic amide) rings is 1. The first kappa shape index (κ1) is 24.1. The van der Waals surface area contributed by atoms with Gasteiger partial charge in [-0.2, -0.15) is 0 Å². The third-order valence-corrected chi connectivity index (χ3v) is 5.73. The Morgan fingerprint density at radius 1 is 1.12 bits per heavy atom. The van der Waals surface area contributed by atoms with Crippen LogP contribution in [0.25, 0.3) is 12.2 Å². The Hall–Kier alpha value is -2.54. The molecule has 0 spiro atoms. The van der Waals surface area contributed by atoms with Gasteiger partial charge in [0.15, 0.2) is 5.60 Å². The quantitative estimate of drug-likeness (QED) is 0.386. The second kappa shape index (κ2) is 10.9. The number of hydrogen-bond acceptors (Lipinski definition) is 5. The SMILES string of the molecule is COCOC1(Cc2cc(/C=C/c3cccc(C)c3)ccn2)C(=O)N(COC)[C@H]1CC(C)C. The predicted molar refractivity (Wildman–Crippen MR) is 126 cm³/mol. The first-order chi connectivity index (χ1) is 15.4. The van der Waals surface area contributed by atoms with Gasteiger partial charge in [0.05, 0.1) is 6.04 Å². The number of aromatic nitrogens is 1. The fraction of sp³-hybridized carbons (Fsp3) is 0.462. The van der Waals surface area contributed by atoms with Gasteiger partial charge in [-0.1, -0.05) is 55.8 Å². The summed E-state index contributed by atoms with van der Waals surface area (Å²) in [5, 5.41) is 0. The molecule has 172 valence electrons. The lowest BCUT2D eigenvalue weighted by Gasteiger charge is -2.55. The molecule has 2 aromatic rings. The number of methoxy groups -OCH3 is 2. The Labute approximate surface area is 191 Å². The van der Waals surface area contributed by atoms with Gasteiger partial charge in [-0.3, -0.25) is 9.78 Å². The van der Waals surface area contributed by atoms with E-state index >= 15 is 0 Å². The summed E-state index contributed by atoms with van der Waals surface area (Å²) in [6.07, 6.45) is 7.13. The molecule has 6 nitrogen and oxygen atoms in total. The number of carbonyl (C=O) groups excluding carboxylic acids is 1. The third-order valence-electron chi connectivity index (χ3n) is 5.73. The van der Waals surface area contributed by atoms with Crippen LogP contribution < -0.4 is 0 Å². The highest BCUT2D eigenvalue weighted by molar-refractivity contribution is 5.93. The number of ether oxygens (including phenoxy) is 3. The fourth-order valence-corrected chi connectivity index (χ4v) is 4.26. The van der Waals surface area contributed by atoms with Crippen molar-refractivity contribution >= 4 is 18.1 Å². The van der Waals surface area contributed by atoms with E-state index < -0.39 is 5.60 Å². The van der Waals surface area contributed by atoms with Crippen LogP contribution in [0.5, 0.6) is 0 Å². The van der Waals surface area contributed by atoms with Gasteiger partial charge in [0.25, 0.3) is 5.91 Å². The molecule has 6 heteroatoms. The van der Waals surface area contributed by atoms with Crippen LogP contribution in [0.3, 0.4) is 0 Å². The Balaban J connectivity index is 1.85. The largest absolute Gasteiger partial charge is 0.364 e. The summed E-state index contributed by atoms with van der Waals surface area (Å²) in [4.78, 5) is 19.5. The molecule has 0 aliphatic carbocycles. The normalized spacial score (nSPS) is 20.9. The van der Waals surface area contributed by atoms with E-state index in [0.717, 1.165) is 23.2 Å². The lowest BCUT2D eigenvalue weighted by atomic mass is 9.75. The summed E-state index contributed by atoms with van der Waals surface area (Å²) >= 11 is 0. The molecule has 1 unspecified atom stereocenters. The Morgan fingerprint density at radius 2 is 1.88 bits per heavy atom. The van der Waals surface area contributed by atoms with Crippen LogP contribution in [0.4, 0.5) is 0 Å². The van der Waals surface area contributed by atoms with E-state index in [9.17, 15) is 4.79 Å². The maximum atomic E-state index is 13.2. The second-order valence-electron chi connectivity index (χ2n) is 8.78. The molecule has 1 aliphatic rings. The van der Waals surface area contributed by atoms with E-state index in [4.69, 9.17) is 14.2 Å². The number of likely N-dealkylation sites (tertiary alicyclic amines) is 1. The van der Waals surface area contributed by atoms with E-state index in [1.54, 1.807) is 25.3 Å². The number of carbonyl (C=O) groups is 1. The van der Waals surface area contributed by atoms with Gasteiger partial charge in [0, 0.05) is 32.5 Å². The summed E-state index contributed by atoms with van der Waals surface area (Å²) in [6.45, 7) is 6.67. The van der Waals surface area contributed by atoms with Crippen molar-refractivity contribution in [2.75, 3.05) is 27.7 Å². The van der Waals surface area contributed by atoms with E-state index in [1.165, 1.54) is 5.56 Å². The molecule has 3 rings (SSSR count). The highest BCUT2D eigenvalue weighted by Crippen LogP contribution is 2.40. The fourth-order valence-electron chi connectivity index (χ4n) is 4.26. The molecule has 1 fully saturated rings. The zero-order valence-corrected chi connectivity index (χ0v) is 19.7. The molecule has 1 aromatic carbocycles. The van der Waals surface area contributed by atoms with Crippen molar-refractivity contribution < 1.29 is 19.0 Å². The van der Waals surface area contributed by atoms with E-state index in [1.807, 2.05) is 18.2 Å². The summed E-state index contributed by atoms with van der Waals surface area (Å²) in [6, 6.07) is 12.2. The molecule has 2 heterocycles. The highest BCUT2D eigenvalue weighted by Gasteiger charge is 2.61. The first-order valence-corrected chi connectivity index (χ1v) is 11.0. The maximum absolute atomic E-state index is 13.2. The van der Waals surface area contributed by atoms with Crippen LogP contribution in [0, 0.1) is 12.8 Å². The molecule has 1 aliphatic heterocycles. The first-order valence-electron chi connectivity index (χ1n) is 11.0. The lowest BCUT2D eigenvalue weighted by Crippen LogP contribution is -2.76. The number of aryl methyl sites for hydroxylation is 1. The van der Waals surface area contributed by atoms with Crippen molar-refractivity contribution in [3.63, 3.8) is 0 Å². The summed E-state index contributed by atoms with van der Waals surface area (Å²) in [5.74, 6) is 0.319. The highest BCUT2D eigenvalue weighted by atomic mass is 16.7.